The predicted molar refractivity (Wildman–Crippen MR) is 101 cm³/mol. The van der Waals surface area contributed by atoms with E-state index in [9.17, 15) is 24.3 Å². The van der Waals surface area contributed by atoms with E-state index >= 15 is 0 Å². The van der Waals surface area contributed by atoms with Crippen LogP contribution in [0.5, 0.6) is 0 Å². The first kappa shape index (κ1) is 20.9. The molecule has 0 radical (unpaired) electrons. The van der Waals surface area contributed by atoms with Crippen molar-refractivity contribution in [3.05, 3.63) is 36.0 Å². The molecular weight excluding hydrogens is 366 g/mol. The number of H-pyrrole nitrogens is 1. The summed E-state index contributed by atoms with van der Waals surface area (Å²) in [5.41, 5.74) is 6.77. The number of aromatic amines is 1. The van der Waals surface area contributed by atoms with Crippen LogP contribution in [-0.4, -0.2) is 59.0 Å². The molecule has 0 spiro atoms. The van der Waals surface area contributed by atoms with Gasteiger partial charge in [-0.1, -0.05) is 18.2 Å². The number of para-hydroxylation sites is 1. The number of carboxylic acid groups (broad SMARTS) is 1. The van der Waals surface area contributed by atoms with Gasteiger partial charge in [-0.15, -0.1) is 0 Å². The molecule has 0 bridgehead atoms. The smallest absolute Gasteiger partial charge is 0.326 e. The lowest BCUT2D eigenvalue weighted by Gasteiger charge is -2.16. The highest BCUT2D eigenvalue weighted by Crippen LogP contribution is 2.19. The van der Waals surface area contributed by atoms with Gasteiger partial charge in [0.25, 0.3) is 0 Å². The lowest BCUT2D eigenvalue weighted by atomic mass is 10.0. The summed E-state index contributed by atoms with van der Waals surface area (Å²) in [5, 5.41) is 17.4. The van der Waals surface area contributed by atoms with Crippen molar-refractivity contribution in [2.24, 2.45) is 5.73 Å². The number of hydrogen-bond acceptors (Lipinski definition) is 5. The first-order chi connectivity index (χ1) is 13.3. The number of aromatic nitrogens is 1. The van der Waals surface area contributed by atoms with Crippen molar-refractivity contribution in [2.75, 3.05) is 13.1 Å². The summed E-state index contributed by atoms with van der Waals surface area (Å²) >= 11 is 0. The summed E-state index contributed by atoms with van der Waals surface area (Å²) in [7, 11) is 0. The van der Waals surface area contributed by atoms with Crippen LogP contribution in [-0.2, 0) is 25.6 Å². The SMILES string of the molecule is CC(NC(=O)CN)C(=O)NCC(=O)NC(Cc1c[nH]c2ccccc12)C(=O)O. The van der Waals surface area contributed by atoms with Gasteiger partial charge in [0.2, 0.25) is 17.7 Å². The van der Waals surface area contributed by atoms with Crippen molar-refractivity contribution in [1.82, 2.24) is 20.9 Å². The maximum atomic E-state index is 12.1. The number of carboxylic acids is 1. The van der Waals surface area contributed by atoms with E-state index in [0.29, 0.717) is 0 Å². The van der Waals surface area contributed by atoms with Crippen LogP contribution < -0.4 is 21.7 Å². The molecule has 0 aliphatic carbocycles. The summed E-state index contributed by atoms with van der Waals surface area (Å²) in [6.45, 7) is 0.767. The van der Waals surface area contributed by atoms with E-state index in [1.54, 1.807) is 6.20 Å². The summed E-state index contributed by atoms with van der Waals surface area (Å²) in [6, 6.07) is 5.41. The summed E-state index contributed by atoms with van der Waals surface area (Å²) in [5.74, 6) is -2.93. The quantitative estimate of drug-likeness (QED) is 0.317. The maximum absolute atomic E-state index is 12.1. The van der Waals surface area contributed by atoms with Gasteiger partial charge in [-0.05, 0) is 18.6 Å². The van der Waals surface area contributed by atoms with Crippen molar-refractivity contribution in [3.63, 3.8) is 0 Å². The molecule has 3 amide bonds. The monoisotopic (exact) mass is 389 g/mol. The molecule has 2 aromatic rings. The van der Waals surface area contributed by atoms with Crippen LogP contribution in [0.2, 0.25) is 0 Å². The lowest BCUT2D eigenvalue weighted by molar-refractivity contribution is -0.141. The molecule has 0 saturated carbocycles. The van der Waals surface area contributed by atoms with Crippen LogP contribution >= 0.6 is 0 Å². The van der Waals surface area contributed by atoms with E-state index in [0.717, 1.165) is 16.5 Å². The first-order valence-corrected chi connectivity index (χ1v) is 8.66. The number of benzene rings is 1. The van der Waals surface area contributed by atoms with Gasteiger partial charge in [-0.2, -0.15) is 0 Å². The van der Waals surface area contributed by atoms with Gasteiger partial charge in [0, 0.05) is 23.5 Å². The number of amides is 3. The fourth-order valence-electron chi connectivity index (χ4n) is 2.65. The van der Waals surface area contributed by atoms with Crippen molar-refractivity contribution >= 4 is 34.6 Å². The number of carbonyl (C=O) groups excluding carboxylic acids is 3. The van der Waals surface area contributed by atoms with Crippen LogP contribution in [0.3, 0.4) is 0 Å². The molecule has 1 aromatic carbocycles. The zero-order valence-electron chi connectivity index (χ0n) is 15.3. The Balaban J connectivity index is 1.91. The number of nitrogens with one attached hydrogen (secondary N) is 4. The number of hydrogen-bond donors (Lipinski definition) is 6. The summed E-state index contributed by atoms with van der Waals surface area (Å²) in [6.07, 6.45) is 1.79. The minimum absolute atomic E-state index is 0.0853. The minimum atomic E-state index is -1.19. The molecule has 10 nitrogen and oxygen atoms in total. The Bertz CT molecular complexity index is 878. The zero-order chi connectivity index (χ0) is 20.7. The van der Waals surface area contributed by atoms with Crippen LogP contribution in [0.4, 0.5) is 0 Å². The van der Waals surface area contributed by atoms with Crippen molar-refractivity contribution < 1.29 is 24.3 Å². The zero-order valence-corrected chi connectivity index (χ0v) is 15.3. The Hall–Kier alpha value is -3.40. The van der Waals surface area contributed by atoms with Crippen LogP contribution in [0.1, 0.15) is 12.5 Å². The van der Waals surface area contributed by atoms with Crippen LogP contribution in [0, 0.1) is 0 Å². The van der Waals surface area contributed by atoms with E-state index in [2.05, 4.69) is 20.9 Å². The largest absolute Gasteiger partial charge is 0.480 e. The van der Waals surface area contributed by atoms with Gasteiger partial charge >= 0.3 is 5.97 Å². The van der Waals surface area contributed by atoms with Crippen LogP contribution in [0.15, 0.2) is 30.5 Å². The second-order valence-electron chi connectivity index (χ2n) is 6.23. The normalized spacial score (nSPS) is 12.8. The summed E-state index contributed by atoms with van der Waals surface area (Å²) in [4.78, 5) is 49.7. The third-order valence-corrected chi connectivity index (χ3v) is 4.11. The third-order valence-electron chi connectivity index (χ3n) is 4.11. The van der Waals surface area contributed by atoms with Gasteiger partial charge in [-0.3, -0.25) is 14.4 Å². The van der Waals surface area contributed by atoms with E-state index in [1.165, 1.54) is 6.92 Å². The average molecular weight is 389 g/mol. The molecule has 150 valence electrons. The molecule has 2 unspecified atom stereocenters. The minimum Gasteiger partial charge on any atom is -0.480 e. The Morgan fingerprint density at radius 1 is 1.14 bits per heavy atom. The molecular formula is C18H23N5O5. The van der Waals surface area contributed by atoms with Crippen molar-refractivity contribution in [1.29, 1.82) is 0 Å². The third kappa shape index (κ3) is 5.55. The summed E-state index contributed by atoms with van der Waals surface area (Å²) < 4.78 is 0. The van der Waals surface area contributed by atoms with Gasteiger partial charge in [-0.25, -0.2) is 4.79 Å². The van der Waals surface area contributed by atoms with E-state index in [1.807, 2.05) is 24.3 Å². The average Bonchev–Trinajstić information content (AvgIpc) is 3.08. The fraction of sp³-hybridized carbons (Fsp3) is 0.333. The molecule has 1 heterocycles. The Kier molecular flexibility index (Phi) is 7.10. The molecule has 2 atom stereocenters. The van der Waals surface area contributed by atoms with E-state index < -0.39 is 42.3 Å². The predicted octanol–water partition coefficient (Wildman–Crippen LogP) is -1.14. The molecule has 1 aromatic heterocycles. The Morgan fingerprint density at radius 3 is 2.54 bits per heavy atom. The molecule has 0 aliphatic heterocycles. The van der Waals surface area contributed by atoms with Gasteiger partial charge in [0.1, 0.15) is 12.1 Å². The molecule has 2 rings (SSSR count). The van der Waals surface area contributed by atoms with Crippen molar-refractivity contribution in [2.45, 2.75) is 25.4 Å². The number of aliphatic carboxylic acids is 1. The highest BCUT2D eigenvalue weighted by molar-refractivity contribution is 5.92. The van der Waals surface area contributed by atoms with E-state index in [-0.39, 0.29) is 13.0 Å². The molecule has 0 saturated heterocycles. The number of rotatable bonds is 9. The standard InChI is InChI=1S/C18H23N5O5/c1-10(22-15(24)7-19)17(26)21-9-16(25)23-14(18(27)28)6-11-8-20-13-5-3-2-4-12(11)13/h2-5,8,10,14,20H,6-7,9,19H2,1H3,(H,21,26)(H,22,24)(H,23,25)(H,27,28). The van der Waals surface area contributed by atoms with Gasteiger partial charge in [0.05, 0.1) is 13.1 Å². The molecule has 0 fully saturated rings. The lowest BCUT2D eigenvalue weighted by Crippen LogP contribution is -2.50. The molecule has 28 heavy (non-hydrogen) atoms. The maximum Gasteiger partial charge on any atom is 0.326 e. The molecule has 10 heteroatoms. The van der Waals surface area contributed by atoms with Gasteiger partial charge < -0.3 is 31.8 Å². The molecule has 0 aliphatic rings. The fourth-order valence-corrected chi connectivity index (χ4v) is 2.65. The Labute approximate surface area is 160 Å². The van der Waals surface area contributed by atoms with Crippen LogP contribution in [0.25, 0.3) is 10.9 Å². The second-order valence-corrected chi connectivity index (χ2v) is 6.23. The van der Waals surface area contributed by atoms with E-state index in [4.69, 9.17) is 5.73 Å². The highest BCUT2D eigenvalue weighted by Gasteiger charge is 2.22. The highest BCUT2D eigenvalue weighted by atomic mass is 16.4. The second kappa shape index (κ2) is 9.51. The topological polar surface area (TPSA) is 166 Å². The Morgan fingerprint density at radius 2 is 1.86 bits per heavy atom. The van der Waals surface area contributed by atoms with Crippen molar-refractivity contribution in [3.8, 4) is 0 Å². The number of carbonyl (C=O) groups is 4. The van der Waals surface area contributed by atoms with Gasteiger partial charge in [0.15, 0.2) is 0 Å². The number of nitrogens with two attached hydrogens (primary N) is 1. The first-order valence-electron chi connectivity index (χ1n) is 8.66. The number of fused-ring (bicyclic) bond motifs is 1. The molecule has 7 N–H and O–H groups in total.